The van der Waals surface area contributed by atoms with Crippen LogP contribution < -0.4 is 0 Å². The summed E-state index contributed by atoms with van der Waals surface area (Å²) in [6.45, 7) is 5.84. The lowest BCUT2D eigenvalue weighted by Gasteiger charge is -2.11. The third kappa shape index (κ3) is 3.15. The van der Waals surface area contributed by atoms with E-state index in [-0.39, 0.29) is 5.57 Å². The van der Waals surface area contributed by atoms with Gasteiger partial charge in [0, 0.05) is 18.0 Å². The molecule has 0 spiro atoms. The van der Waals surface area contributed by atoms with Crippen LogP contribution in [-0.4, -0.2) is 17.6 Å². The lowest BCUT2D eigenvalue weighted by molar-refractivity contribution is -0.136. The smallest absolute Gasteiger partial charge is 0.338 e. The highest BCUT2D eigenvalue weighted by atomic mass is 16.5. The van der Waals surface area contributed by atoms with Crippen LogP contribution in [0.15, 0.2) is 49.3 Å². The molecule has 0 saturated carbocycles. The van der Waals surface area contributed by atoms with E-state index < -0.39 is 5.97 Å². The molecular formula is C17H14N2O2. The van der Waals surface area contributed by atoms with Crippen molar-refractivity contribution in [2.75, 3.05) is 6.61 Å². The summed E-state index contributed by atoms with van der Waals surface area (Å²) in [7, 11) is 0. The molecule has 0 aliphatic heterocycles. The first kappa shape index (κ1) is 14.5. The number of benzene rings is 1. The van der Waals surface area contributed by atoms with E-state index in [9.17, 15) is 4.79 Å². The van der Waals surface area contributed by atoms with Crippen LogP contribution in [0.25, 0.3) is 16.7 Å². The summed E-state index contributed by atoms with van der Waals surface area (Å²) >= 11 is 0. The highest BCUT2D eigenvalue weighted by Crippen LogP contribution is 2.28. The van der Waals surface area contributed by atoms with Crippen molar-refractivity contribution in [2.24, 2.45) is 0 Å². The standard InChI is InChI=1S/C17H14N2O2/c1-3-21-17(20)12(2)15-7-8-19-11-16(15)14-6-4-5-13(9-14)10-18/h4-9,11H,2-3H2,1H3. The first-order valence-electron chi connectivity index (χ1n) is 6.48. The molecule has 1 aromatic heterocycles. The van der Waals surface area contributed by atoms with Crippen LogP contribution in [0.5, 0.6) is 0 Å². The third-order valence-corrected chi connectivity index (χ3v) is 2.97. The predicted octanol–water partition coefficient (Wildman–Crippen LogP) is 3.20. The SMILES string of the molecule is C=C(C(=O)OCC)c1ccncc1-c1cccc(C#N)c1. The molecule has 0 radical (unpaired) electrons. The van der Waals surface area contributed by atoms with Gasteiger partial charge in [0.25, 0.3) is 0 Å². The Hall–Kier alpha value is -2.93. The van der Waals surface area contributed by atoms with Crippen LogP contribution in [0.1, 0.15) is 18.1 Å². The number of hydrogen-bond acceptors (Lipinski definition) is 4. The van der Waals surface area contributed by atoms with Gasteiger partial charge in [-0.05, 0) is 36.2 Å². The molecule has 4 heteroatoms. The molecule has 21 heavy (non-hydrogen) atoms. The van der Waals surface area contributed by atoms with E-state index in [1.165, 1.54) is 0 Å². The molecule has 0 aliphatic rings. The first-order chi connectivity index (χ1) is 10.2. The number of hydrogen-bond donors (Lipinski definition) is 0. The summed E-state index contributed by atoms with van der Waals surface area (Å²) < 4.78 is 4.98. The van der Waals surface area contributed by atoms with E-state index >= 15 is 0 Å². The Morgan fingerprint density at radius 2 is 2.24 bits per heavy atom. The quantitative estimate of drug-likeness (QED) is 0.636. The minimum atomic E-state index is -0.457. The normalized spacial score (nSPS) is 9.71. The second-order valence-electron chi connectivity index (χ2n) is 4.31. The fourth-order valence-electron chi connectivity index (χ4n) is 1.97. The Bertz CT molecular complexity index is 730. The van der Waals surface area contributed by atoms with E-state index in [1.807, 2.05) is 6.07 Å². The van der Waals surface area contributed by atoms with E-state index in [1.54, 1.807) is 43.6 Å². The Morgan fingerprint density at radius 3 is 2.95 bits per heavy atom. The second-order valence-corrected chi connectivity index (χ2v) is 4.31. The molecule has 0 atom stereocenters. The Balaban J connectivity index is 2.48. The van der Waals surface area contributed by atoms with Crippen molar-refractivity contribution in [1.82, 2.24) is 4.98 Å². The molecule has 0 amide bonds. The maximum absolute atomic E-state index is 11.9. The van der Waals surface area contributed by atoms with Gasteiger partial charge in [-0.15, -0.1) is 0 Å². The Kier molecular flexibility index (Phi) is 4.47. The molecule has 0 fully saturated rings. The summed E-state index contributed by atoms with van der Waals surface area (Å²) in [6.07, 6.45) is 3.24. The van der Waals surface area contributed by atoms with Gasteiger partial charge in [-0.1, -0.05) is 18.7 Å². The lowest BCUT2D eigenvalue weighted by atomic mass is 9.96. The minimum absolute atomic E-state index is 0.275. The van der Waals surface area contributed by atoms with Crippen molar-refractivity contribution in [2.45, 2.75) is 6.92 Å². The minimum Gasteiger partial charge on any atom is -0.462 e. The van der Waals surface area contributed by atoms with Crippen molar-refractivity contribution in [3.8, 4) is 17.2 Å². The van der Waals surface area contributed by atoms with Gasteiger partial charge in [0.2, 0.25) is 0 Å². The number of esters is 1. The van der Waals surface area contributed by atoms with Crippen LogP contribution >= 0.6 is 0 Å². The fourth-order valence-corrected chi connectivity index (χ4v) is 1.97. The fraction of sp³-hybridized carbons (Fsp3) is 0.118. The molecule has 0 aliphatic carbocycles. The molecule has 2 rings (SSSR count). The zero-order valence-electron chi connectivity index (χ0n) is 11.7. The molecule has 0 bridgehead atoms. The van der Waals surface area contributed by atoms with Crippen molar-refractivity contribution in [3.63, 3.8) is 0 Å². The number of carbonyl (C=O) groups excluding carboxylic acids is 1. The number of carbonyl (C=O) groups is 1. The summed E-state index contributed by atoms with van der Waals surface area (Å²) in [6, 6.07) is 10.9. The summed E-state index contributed by atoms with van der Waals surface area (Å²) in [5.41, 5.74) is 3.02. The summed E-state index contributed by atoms with van der Waals surface area (Å²) in [5.74, 6) is -0.457. The molecule has 2 aromatic rings. The molecule has 104 valence electrons. The molecule has 1 heterocycles. The van der Waals surface area contributed by atoms with E-state index in [2.05, 4.69) is 17.6 Å². The van der Waals surface area contributed by atoms with Gasteiger partial charge < -0.3 is 4.74 Å². The van der Waals surface area contributed by atoms with Crippen molar-refractivity contribution in [3.05, 3.63) is 60.4 Å². The first-order valence-corrected chi connectivity index (χ1v) is 6.48. The van der Waals surface area contributed by atoms with Crippen molar-refractivity contribution >= 4 is 11.5 Å². The Morgan fingerprint density at radius 1 is 1.43 bits per heavy atom. The largest absolute Gasteiger partial charge is 0.462 e. The number of ether oxygens (including phenoxy) is 1. The molecule has 0 N–H and O–H groups in total. The van der Waals surface area contributed by atoms with Crippen molar-refractivity contribution in [1.29, 1.82) is 5.26 Å². The maximum Gasteiger partial charge on any atom is 0.338 e. The molecule has 0 unspecified atom stereocenters. The van der Waals surface area contributed by atoms with E-state index in [0.29, 0.717) is 17.7 Å². The average Bonchev–Trinajstić information content (AvgIpc) is 2.54. The van der Waals surface area contributed by atoms with Gasteiger partial charge >= 0.3 is 5.97 Å². The van der Waals surface area contributed by atoms with Crippen LogP contribution in [0.4, 0.5) is 0 Å². The monoisotopic (exact) mass is 278 g/mol. The second kappa shape index (κ2) is 6.49. The lowest BCUT2D eigenvalue weighted by Crippen LogP contribution is -2.07. The zero-order chi connectivity index (χ0) is 15.2. The topological polar surface area (TPSA) is 63.0 Å². The van der Waals surface area contributed by atoms with Gasteiger partial charge in [-0.2, -0.15) is 5.26 Å². The van der Waals surface area contributed by atoms with Gasteiger partial charge in [-0.25, -0.2) is 4.79 Å². The highest BCUT2D eigenvalue weighted by Gasteiger charge is 2.15. The number of nitrogens with zero attached hydrogens (tertiary/aromatic N) is 2. The highest BCUT2D eigenvalue weighted by molar-refractivity contribution is 6.17. The van der Waals surface area contributed by atoms with Crippen molar-refractivity contribution < 1.29 is 9.53 Å². The van der Waals surface area contributed by atoms with E-state index in [0.717, 1.165) is 11.1 Å². The Labute approximate surface area is 123 Å². The number of pyridine rings is 1. The van der Waals surface area contributed by atoms with Gasteiger partial charge in [-0.3, -0.25) is 4.98 Å². The molecule has 0 saturated heterocycles. The van der Waals surface area contributed by atoms with Gasteiger partial charge in [0.05, 0.1) is 23.8 Å². The average molecular weight is 278 g/mol. The van der Waals surface area contributed by atoms with Crippen LogP contribution in [0.2, 0.25) is 0 Å². The van der Waals surface area contributed by atoms with Crippen LogP contribution in [0.3, 0.4) is 0 Å². The molecule has 1 aromatic carbocycles. The number of nitriles is 1. The third-order valence-electron chi connectivity index (χ3n) is 2.97. The zero-order valence-corrected chi connectivity index (χ0v) is 11.7. The van der Waals surface area contributed by atoms with Crippen LogP contribution in [-0.2, 0) is 9.53 Å². The summed E-state index contributed by atoms with van der Waals surface area (Å²) in [4.78, 5) is 15.9. The van der Waals surface area contributed by atoms with Gasteiger partial charge in [0.15, 0.2) is 0 Å². The predicted molar refractivity (Wildman–Crippen MR) is 80.1 cm³/mol. The van der Waals surface area contributed by atoms with Crippen LogP contribution in [0, 0.1) is 11.3 Å². The van der Waals surface area contributed by atoms with Gasteiger partial charge in [0.1, 0.15) is 0 Å². The maximum atomic E-state index is 11.9. The number of aromatic nitrogens is 1. The number of rotatable bonds is 4. The van der Waals surface area contributed by atoms with E-state index in [4.69, 9.17) is 10.00 Å². The molecule has 4 nitrogen and oxygen atoms in total. The summed E-state index contributed by atoms with van der Waals surface area (Å²) in [5, 5.41) is 8.99. The molecular weight excluding hydrogens is 264 g/mol.